The first-order chi connectivity index (χ1) is 12.9. The van der Waals surface area contributed by atoms with Crippen molar-refractivity contribution in [2.75, 3.05) is 11.4 Å². The average molecular weight is 368 g/mol. The van der Waals surface area contributed by atoms with Crippen LogP contribution in [0.15, 0.2) is 36.9 Å². The second-order valence-electron chi connectivity index (χ2n) is 6.41. The molecule has 27 heavy (non-hydrogen) atoms. The van der Waals surface area contributed by atoms with E-state index in [9.17, 15) is 9.59 Å². The predicted molar refractivity (Wildman–Crippen MR) is 108 cm³/mol. The summed E-state index contributed by atoms with van der Waals surface area (Å²) in [4.78, 5) is 26.1. The van der Waals surface area contributed by atoms with E-state index in [1.54, 1.807) is 29.2 Å². The molecule has 1 heterocycles. The molecule has 0 aliphatic heterocycles. The van der Waals surface area contributed by atoms with Gasteiger partial charge in [0.2, 0.25) is 0 Å². The molecule has 0 unspecified atom stereocenters. The Bertz CT molecular complexity index is 821. The SMILES string of the molecule is C=CC(=O)N(Cc1c(C)nn(CCC)c1C)c1ccc(C(=O)NCC)cc1. The number of benzene rings is 1. The smallest absolute Gasteiger partial charge is 0.251 e. The van der Waals surface area contributed by atoms with Crippen molar-refractivity contribution in [3.63, 3.8) is 0 Å². The van der Waals surface area contributed by atoms with Gasteiger partial charge in [0, 0.05) is 35.6 Å². The summed E-state index contributed by atoms with van der Waals surface area (Å²) in [5.41, 5.74) is 4.30. The maximum absolute atomic E-state index is 12.5. The molecule has 2 rings (SSSR count). The monoisotopic (exact) mass is 368 g/mol. The van der Waals surface area contributed by atoms with Crippen LogP contribution in [0.1, 0.15) is 47.6 Å². The highest BCUT2D eigenvalue weighted by molar-refractivity contribution is 6.01. The summed E-state index contributed by atoms with van der Waals surface area (Å²) in [6.07, 6.45) is 2.30. The summed E-state index contributed by atoms with van der Waals surface area (Å²) in [5, 5.41) is 7.36. The van der Waals surface area contributed by atoms with Crippen LogP contribution in [0.2, 0.25) is 0 Å². The van der Waals surface area contributed by atoms with E-state index in [-0.39, 0.29) is 11.8 Å². The highest BCUT2D eigenvalue weighted by atomic mass is 16.2. The second kappa shape index (κ2) is 9.16. The van der Waals surface area contributed by atoms with Crippen molar-refractivity contribution < 1.29 is 9.59 Å². The maximum atomic E-state index is 12.5. The number of amides is 2. The van der Waals surface area contributed by atoms with Crippen LogP contribution in [-0.4, -0.2) is 28.1 Å². The Morgan fingerprint density at radius 2 is 1.89 bits per heavy atom. The van der Waals surface area contributed by atoms with E-state index in [2.05, 4.69) is 23.9 Å². The van der Waals surface area contributed by atoms with Crippen LogP contribution < -0.4 is 10.2 Å². The summed E-state index contributed by atoms with van der Waals surface area (Å²) in [7, 11) is 0. The Hall–Kier alpha value is -2.89. The van der Waals surface area contributed by atoms with E-state index in [4.69, 9.17) is 0 Å². The number of carbonyl (C=O) groups excluding carboxylic acids is 2. The molecule has 0 atom stereocenters. The molecule has 0 aliphatic carbocycles. The Balaban J connectivity index is 2.33. The minimum Gasteiger partial charge on any atom is -0.352 e. The molecule has 1 aromatic carbocycles. The lowest BCUT2D eigenvalue weighted by Crippen LogP contribution is -2.29. The summed E-state index contributed by atoms with van der Waals surface area (Å²) in [6, 6.07) is 7.02. The third-order valence-electron chi connectivity index (χ3n) is 4.50. The lowest BCUT2D eigenvalue weighted by Gasteiger charge is -2.22. The molecular weight excluding hydrogens is 340 g/mol. The van der Waals surface area contributed by atoms with Crippen LogP contribution >= 0.6 is 0 Å². The molecule has 6 nitrogen and oxygen atoms in total. The van der Waals surface area contributed by atoms with Crippen LogP contribution in [0.5, 0.6) is 0 Å². The largest absolute Gasteiger partial charge is 0.352 e. The van der Waals surface area contributed by atoms with Gasteiger partial charge in [0.15, 0.2) is 0 Å². The molecule has 0 spiro atoms. The van der Waals surface area contributed by atoms with Crippen LogP contribution in [-0.2, 0) is 17.9 Å². The number of carbonyl (C=O) groups is 2. The first-order valence-electron chi connectivity index (χ1n) is 9.27. The van der Waals surface area contributed by atoms with Gasteiger partial charge < -0.3 is 10.2 Å². The van der Waals surface area contributed by atoms with Crippen LogP contribution in [0, 0.1) is 13.8 Å². The van der Waals surface area contributed by atoms with Gasteiger partial charge in [-0.3, -0.25) is 14.3 Å². The van der Waals surface area contributed by atoms with Crippen molar-refractivity contribution in [1.29, 1.82) is 0 Å². The molecule has 2 aromatic rings. The molecule has 6 heteroatoms. The molecule has 144 valence electrons. The van der Waals surface area contributed by atoms with Gasteiger partial charge in [0.25, 0.3) is 11.8 Å². The quantitative estimate of drug-likeness (QED) is 0.727. The lowest BCUT2D eigenvalue weighted by molar-refractivity contribution is -0.114. The van der Waals surface area contributed by atoms with Gasteiger partial charge in [-0.25, -0.2) is 0 Å². The summed E-state index contributed by atoms with van der Waals surface area (Å²) >= 11 is 0. The number of aryl methyl sites for hydroxylation is 2. The van der Waals surface area contributed by atoms with E-state index >= 15 is 0 Å². The number of nitrogens with zero attached hydrogens (tertiary/aromatic N) is 3. The molecule has 2 amide bonds. The summed E-state index contributed by atoms with van der Waals surface area (Å²) < 4.78 is 1.99. The van der Waals surface area contributed by atoms with Crippen molar-refractivity contribution >= 4 is 17.5 Å². The third-order valence-corrected chi connectivity index (χ3v) is 4.50. The highest BCUT2D eigenvalue weighted by Crippen LogP contribution is 2.22. The van der Waals surface area contributed by atoms with E-state index in [1.807, 2.05) is 25.5 Å². The normalized spacial score (nSPS) is 10.5. The van der Waals surface area contributed by atoms with Crippen molar-refractivity contribution in [2.24, 2.45) is 0 Å². The zero-order valence-electron chi connectivity index (χ0n) is 16.6. The minimum atomic E-state index is -0.192. The van der Waals surface area contributed by atoms with E-state index < -0.39 is 0 Å². The van der Waals surface area contributed by atoms with Crippen molar-refractivity contribution in [1.82, 2.24) is 15.1 Å². The van der Waals surface area contributed by atoms with E-state index in [0.717, 1.165) is 35.6 Å². The van der Waals surface area contributed by atoms with Gasteiger partial charge in [-0.05, 0) is 57.5 Å². The zero-order chi connectivity index (χ0) is 20.0. The zero-order valence-corrected chi connectivity index (χ0v) is 16.6. The van der Waals surface area contributed by atoms with E-state index in [0.29, 0.717) is 18.7 Å². The number of aromatic nitrogens is 2. The van der Waals surface area contributed by atoms with Gasteiger partial charge >= 0.3 is 0 Å². The van der Waals surface area contributed by atoms with Gasteiger partial charge in [-0.2, -0.15) is 5.10 Å². The number of anilines is 1. The van der Waals surface area contributed by atoms with Gasteiger partial charge in [0.1, 0.15) is 0 Å². The molecule has 0 saturated carbocycles. The average Bonchev–Trinajstić information content (AvgIpc) is 2.93. The van der Waals surface area contributed by atoms with Gasteiger partial charge in [-0.15, -0.1) is 0 Å². The number of hydrogen-bond donors (Lipinski definition) is 1. The molecule has 0 radical (unpaired) electrons. The molecule has 0 fully saturated rings. The third kappa shape index (κ3) is 4.64. The van der Waals surface area contributed by atoms with E-state index in [1.165, 1.54) is 6.08 Å². The minimum absolute atomic E-state index is 0.127. The number of rotatable bonds is 8. The maximum Gasteiger partial charge on any atom is 0.251 e. The predicted octanol–water partition coefficient (Wildman–Crippen LogP) is 3.38. The Morgan fingerprint density at radius 3 is 2.44 bits per heavy atom. The topological polar surface area (TPSA) is 67.2 Å². The number of nitrogens with one attached hydrogen (secondary N) is 1. The van der Waals surface area contributed by atoms with Crippen LogP contribution in [0.4, 0.5) is 5.69 Å². The Labute approximate surface area is 160 Å². The molecule has 0 saturated heterocycles. The first-order valence-corrected chi connectivity index (χ1v) is 9.27. The summed E-state index contributed by atoms with van der Waals surface area (Å²) in [6.45, 7) is 13.4. The van der Waals surface area contributed by atoms with Gasteiger partial charge in [-0.1, -0.05) is 13.5 Å². The van der Waals surface area contributed by atoms with Crippen LogP contribution in [0.25, 0.3) is 0 Å². The second-order valence-corrected chi connectivity index (χ2v) is 6.41. The molecular formula is C21H28N4O2. The molecule has 0 bridgehead atoms. The van der Waals surface area contributed by atoms with Crippen molar-refractivity contribution in [2.45, 2.75) is 47.2 Å². The first kappa shape index (κ1) is 20.4. The molecule has 0 aliphatic rings. The Kier molecular flexibility index (Phi) is 6.93. The fraction of sp³-hybridized carbons (Fsp3) is 0.381. The fourth-order valence-corrected chi connectivity index (χ4v) is 3.01. The van der Waals surface area contributed by atoms with Gasteiger partial charge in [0.05, 0.1) is 12.2 Å². The fourth-order valence-electron chi connectivity index (χ4n) is 3.01. The van der Waals surface area contributed by atoms with Crippen LogP contribution in [0.3, 0.4) is 0 Å². The Morgan fingerprint density at radius 1 is 1.22 bits per heavy atom. The summed E-state index contributed by atoms with van der Waals surface area (Å²) in [5.74, 6) is -0.319. The van der Waals surface area contributed by atoms with Crippen molar-refractivity contribution in [3.05, 3.63) is 59.4 Å². The molecule has 1 aromatic heterocycles. The number of hydrogen-bond acceptors (Lipinski definition) is 3. The standard InChI is InChI=1S/C21H28N4O2/c1-6-13-25-16(5)19(15(4)23-25)14-24(20(26)7-2)18-11-9-17(10-12-18)21(27)22-8-3/h7,9-12H,2,6,8,13-14H2,1,3-5H3,(H,22,27). The van der Waals surface area contributed by atoms with Crippen molar-refractivity contribution in [3.8, 4) is 0 Å². The lowest BCUT2D eigenvalue weighted by atomic mass is 10.1. The highest BCUT2D eigenvalue weighted by Gasteiger charge is 2.19. The molecule has 1 N–H and O–H groups in total.